The van der Waals surface area contributed by atoms with Gasteiger partial charge in [-0.25, -0.2) is 9.59 Å². The molecule has 2 heterocycles. The number of likely N-dealkylation sites (tertiary alicyclic amines) is 1. The van der Waals surface area contributed by atoms with Gasteiger partial charge in [-0.1, -0.05) is 0 Å². The van der Waals surface area contributed by atoms with E-state index in [2.05, 4.69) is 5.32 Å². The molecule has 26 heavy (non-hydrogen) atoms. The summed E-state index contributed by atoms with van der Waals surface area (Å²) in [6.07, 6.45) is 7.56. The summed E-state index contributed by atoms with van der Waals surface area (Å²) in [6.45, 7) is 2.86. The van der Waals surface area contributed by atoms with Crippen LogP contribution in [0.5, 0.6) is 5.75 Å². The molecule has 4 saturated carbocycles. The predicted octanol–water partition coefficient (Wildman–Crippen LogP) is 2.69. The van der Waals surface area contributed by atoms with Crippen LogP contribution in [0.25, 0.3) is 0 Å². The van der Waals surface area contributed by atoms with E-state index in [-0.39, 0.29) is 17.7 Å². The maximum absolute atomic E-state index is 12.7. The van der Waals surface area contributed by atoms with Crippen molar-refractivity contribution in [3.8, 4) is 5.75 Å². The second kappa shape index (κ2) is 5.76. The zero-order valence-electron chi connectivity index (χ0n) is 15.2. The summed E-state index contributed by atoms with van der Waals surface area (Å²) in [5.74, 6) is 3.51. The lowest BCUT2D eigenvalue weighted by Crippen LogP contribution is -2.66. The van der Waals surface area contributed by atoms with Crippen LogP contribution < -0.4 is 15.7 Å². The van der Waals surface area contributed by atoms with Crippen LogP contribution in [0.4, 0.5) is 4.79 Å². The average molecular weight is 358 g/mol. The van der Waals surface area contributed by atoms with Crippen LogP contribution >= 0.6 is 0 Å². The van der Waals surface area contributed by atoms with Crippen LogP contribution in [0, 0.1) is 24.7 Å². The molecule has 1 saturated heterocycles. The average Bonchev–Trinajstić information content (AvgIpc) is 2.47. The molecule has 5 aliphatic rings. The Morgan fingerprint density at radius 3 is 2.35 bits per heavy atom. The molecule has 140 valence electrons. The molecule has 0 radical (unpaired) electrons. The number of amides is 2. The lowest BCUT2D eigenvalue weighted by molar-refractivity contribution is -0.0213. The Labute approximate surface area is 152 Å². The van der Waals surface area contributed by atoms with Crippen molar-refractivity contribution in [1.82, 2.24) is 10.2 Å². The van der Waals surface area contributed by atoms with Gasteiger partial charge in [-0.2, -0.15) is 0 Å². The molecule has 4 aliphatic carbocycles. The van der Waals surface area contributed by atoms with E-state index in [4.69, 9.17) is 9.15 Å². The number of carbonyl (C=O) groups excluding carboxylic acids is 1. The number of aryl methyl sites for hydroxylation is 1. The minimum atomic E-state index is -0.407. The van der Waals surface area contributed by atoms with Crippen LogP contribution in [-0.2, 0) is 0 Å². The SMILES string of the molecule is Cc1cc(OC2CN(C(=O)NC34CC5CC(CC(C5)C3)C4)C2)cc(=O)o1. The zero-order valence-corrected chi connectivity index (χ0v) is 15.2. The number of nitrogens with zero attached hydrogens (tertiary/aromatic N) is 1. The van der Waals surface area contributed by atoms with Gasteiger partial charge < -0.3 is 19.4 Å². The second-order valence-electron chi connectivity index (χ2n) is 9.00. The predicted molar refractivity (Wildman–Crippen MR) is 95.1 cm³/mol. The summed E-state index contributed by atoms with van der Waals surface area (Å²) in [5, 5.41) is 3.40. The fourth-order valence-corrected chi connectivity index (χ4v) is 6.08. The Hall–Kier alpha value is -1.98. The minimum absolute atomic E-state index is 0.0489. The van der Waals surface area contributed by atoms with Crippen LogP contribution in [0.3, 0.4) is 0 Å². The molecule has 1 aromatic heterocycles. The molecule has 6 rings (SSSR count). The van der Waals surface area contributed by atoms with Crippen LogP contribution in [0.2, 0.25) is 0 Å². The lowest BCUT2D eigenvalue weighted by atomic mass is 9.53. The highest BCUT2D eigenvalue weighted by Gasteiger charge is 2.52. The normalized spacial score (nSPS) is 35.3. The second-order valence-corrected chi connectivity index (χ2v) is 9.00. The Bertz CT molecular complexity index is 745. The van der Waals surface area contributed by atoms with Gasteiger partial charge in [-0.05, 0) is 63.2 Å². The van der Waals surface area contributed by atoms with E-state index in [0.29, 0.717) is 24.6 Å². The number of ether oxygens (including phenoxy) is 1. The van der Waals surface area contributed by atoms with E-state index in [1.807, 2.05) is 4.90 Å². The summed E-state index contributed by atoms with van der Waals surface area (Å²) in [5.41, 5.74) is -0.358. The maximum Gasteiger partial charge on any atom is 0.339 e. The van der Waals surface area contributed by atoms with Crippen LogP contribution in [0.15, 0.2) is 21.3 Å². The molecule has 1 aliphatic heterocycles. The first-order valence-corrected chi connectivity index (χ1v) is 9.82. The highest BCUT2D eigenvalue weighted by Crippen LogP contribution is 2.55. The molecule has 6 heteroatoms. The van der Waals surface area contributed by atoms with Crippen LogP contribution in [0.1, 0.15) is 44.3 Å². The fraction of sp³-hybridized carbons (Fsp3) is 0.700. The van der Waals surface area contributed by atoms with Crippen molar-refractivity contribution in [3.63, 3.8) is 0 Å². The molecule has 6 nitrogen and oxygen atoms in total. The minimum Gasteiger partial charge on any atom is -0.486 e. The van der Waals surface area contributed by atoms with Gasteiger partial charge in [0.1, 0.15) is 17.6 Å². The van der Waals surface area contributed by atoms with Gasteiger partial charge in [0.05, 0.1) is 19.2 Å². The molecule has 0 spiro atoms. The lowest BCUT2D eigenvalue weighted by Gasteiger charge is -2.57. The Kier molecular flexibility index (Phi) is 3.59. The van der Waals surface area contributed by atoms with E-state index >= 15 is 0 Å². The smallest absolute Gasteiger partial charge is 0.339 e. The van der Waals surface area contributed by atoms with Crippen molar-refractivity contribution >= 4 is 6.03 Å². The van der Waals surface area contributed by atoms with Crippen molar-refractivity contribution in [2.24, 2.45) is 17.8 Å². The van der Waals surface area contributed by atoms with Gasteiger partial charge in [0.15, 0.2) is 0 Å². The first-order chi connectivity index (χ1) is 12.5. The van der Waals surface area contributed by atoms with Gasteiger partial charge in [0.25, 0.3) is 0 Å². The van der Waals surface area contributed by atoms with Gasteiger partial charge in [0.2, 0.25) is 0 Å². The molecular weight excluding hydrogens is 332 g/mol. The number of rotatable bonds is 3. The Balaban J connectivity index is 1.17. The molecule has 0 aromatic carbocycles. The molecule has 2 amide bonds. The molecule has 0 atom stereocenters. The molecule has 1 aromatic rings. The summed E-state index contributed by atoms with van der Waals surface area (Å²) in [7, 11) is 0. The monoisotopic (exact) mass is 358 g/mol. The first-order valence-electron chi connectivity index (χ1n) is 9.82. The third-order valence-corrected chi connectivity index (χ3v) is 6.72. The molecule has 0 unspecified atom stereocenters. The van der Waals surface area contributed by atoms with E-state index in [1.165, 1.54) is 44.6 Å². The topological polar surface area (TPSA) is 71.8 Å². The number of nitrogens with one attached hydrogen (secondary N) is 1. The number of hydrogen-bond acceptors (Lipinski definition) is 4. The number of carbonyl (C=O) groups is 1. The highest BCUT2D eigenvalue weighted by molar-refractivity contribution is 5.76. The van der Waals surface area contributed by atoms with Gasteiger partial charge >= 0.3 is 11.7 Å². The van der Waals surface area contributed by atoms with Crippen molar-refractivity contribution in [2.75, 3.05) is 13.1 Å². The van der Waals surface area contributed by atoms with E-state index in [1.54, 1.807) is 13.0 Å². The molecular formula is C20H26N2O4. The summed E-state index contributed by atoms with van der Waals surface area (Å²) in [4.78, 5) is 25.9. The fourth-order valence-electron chi connectivity index (χ4n) is 6.08. The maximum atomic E-state index is 12.7. The number of urea groups is 1. The molecule has 5 fully saturated rings. The van der Waals surface area contributed by atoms with Gasteiger partial charge in [-0.15, -0.1) is 0 Å². The Morgan fingerprint density at radius 2 is 1.77 bits per heavy atom. The summed E-state index contributed by atoms with van der Waals surface area (Å²) < 4.78 is 10.7. The quantitative estimate of drug-likeness (QED) is 0.902. The van der Waals surface area contributed by atoms with Crippen molar-refractivity contribution < 1.29 is 13.9 Å². The third-order valence-electron chi connectivity index (χ3n) is 6.72. The Morgan fingerprint density at radius 1 is 1.15 bits per heavy atom. The van der Waals surface area contributed by atoms with Crippen molar-refractivity contribution in [3.05, 3.63) is 28.3 Å². The van der Waals surface area contributed by atoms with Crippen molar-refractivity contribution in [2.45, 2.75) is 57.1 Å². The van der Waals surface area contributed by atoms with E-state index in [9.17, 15) is 9.59 Å². The standard InChI is InChI=1S/C20H26N2O4/c1-12-2-16(6-18(23)25-12)26-17-10-22(11-17)19(24)21-20-7-13-3-14(8-20)5-15(4-13)9-20/h2,6,13-15,17H,3-5,7-11H2,1H3,(H,21,24). The summed E-state index contributed by atoms with van der Waals surface area (Å²) >= 11 is 0. The molecule has 4 bridgehead atoms. The third kappa shape index (κ3) is 2.89. The van der Waals surface area contributed by atoms with Crippen molar-refractivity contribution in [1.29, 1.82) is 0 Å². The molecule has 1 N–H and O–H groups in total. The largest absolute Gasteiger partial charge is 0.486 e. The zero-order chi connectivity index (χ0) is 17.9. The highest BCUT2D eigenvalue weighted by atomic mass is 16.5. The van der Waals surface area contributed by atoms with Gasteiger partial charge in [0, 0.05) is 11.6 Å². The number of hydrogen-bond donors (Lipinski definition) is 1. The van der Waals surface area contributed by atoms with E-state index < -0.39 is 5.63 Å². The van der Waals surface area contributed by atoms with Crippen LogP contribution in [-0.4, -0.2) is 35.7 Å². The summed E-state index contributed by atoms with van der Waals surface area (Å²) in [6, 6.07) is 3.11. The van der Waals surface area contributed by atoms with Gasteiger partial charge in [-0.3, -0.25) is 0 Å². The first kappa shape index (κ1) is 16.2. The van der Waals surface area contributed by atoms with E-state index in [0.717, 1.165) is 17.8 Å².